The van der Waals surface area contributed by atoms with Crippen molar-refractivity contribution in [2.45, 2.75) is 59.5 Å². The maximum atomic E-state index is 4.54. The molecule has 1 aliphatic rings. The molecule has 0 amide bonds. The van der Waals surface area contributed by atoms with E-state index < -0.39 is 0 Å². The number of thiazole rings is 1. The third-order valence-corrected chi connectivity index (χ3v) is 5.42. The lowest BCUT2D eigenvalue weighted by Crippen LogP contribution is -2.43. The van der Waals surface area contributed by atoms with E-state index in [0.717, 1.165) is 6.54 Å². The highest BCUT2D eigenvalue weighted by atomic mass is 32.1. The van der Waals surface area contributed by atoms with Gasteiger partial charge in [0, 0.05) is 23.5 Å². The molecule has 0 aromatic carbocycles. The van der Waals surface area contributed by atoms with Gasteiger partial charge in [-0.1, -0.05) is 11.6 Å². The molecule has 1 aromatic rings. The van der Waals surface area contributed by atoms with Gasteiger partial charge in [-0.2, -0.15) is 0 Å². The Morgan fingerprint density at radius 3 is 2.57 bits per heavy atom. The van der Waals surface area contributed by atoms with Crippen molar-refractivity contribution in [1.82, 2.24) is 15.2 Å². The van der Waals surface area contributed by atoms with Crippen molar-refractivity contribution in [3.05, 3.63) is 27.2 Å². The predicted molar refractivity (Wildman–Crippen MR) is 92.0 cm³/mol. The molecule has 0 radical (unpaired) electrons. The molecule has 21 heavy (non-hydrogen) atoms. The summed E-state index contributed by atoms with van der Waals surface area (Å²) < 4.78 is 0. The largest absolute Gasteiger partial charge is 0.307 e. The summed E-state index contributed by atoms with van der Waals surface area (Å²) in [6.45, 7) is 14.4. The predicted octanol–water partition coefficient (Wildman–Crippen LogP) is 3.84. The summed E-state index contributed by atoms with van der Waals surface area (Å²) in [5, 5.41) is 4.98. The fraction of sp³-hybridized carbons (Fsp3) is 0.706. The van der Waals surface area contributed by atoms with E-state index in [1.807, 2.05) is 11.3 Å². The molecule has 1 fully saturated rings. The van der Waals surface area contributed by atoms with E-state index in [1.54, 1.807) is 0 Å². The van der Waals surface area contributed by atoms with Crippen LogP contribution in [0.5, 0.6) is 0 Å². The number of likely N-dealkylation sites (tertiary alicyclic amines) is 1. The van der Waals surface area contributed by atoms with Crippen LogP contribution in [0, 0.1) is 13.8 Å². The molecule has 2 heterocycles. The lowest BCUT2D eigenvalue weighted by atomic mass is 10.0. The van der Waals surface area contributed by atoms with E-state index >= 15 is 0 Å². The summed E-state index contributed by atoms with van der Waals surface area (Å²) in [4.78, 5) is 8.50. The number of aromatic nitrogens is 1. The first-order chi connectivity index (χ1) is 9.95. The van der Waals surface area contributed by atoms with Crippen molar-refractivity contribution in [3.63, 3.8) is 0 Å². The molecule has 1 atom stereocenters. The summed E-state index contributed by atoms with van der Waals surface area (Å²) in [5.41, 5.74) is 2.61. The average Bonchev–Trinajstić information content (AvgIpc) is 2.77. The van der Waals surface area contributed by atoms with Gasteiger partial charge >= 0.3 is 0 Å². The van der Waals surface area contributed by atoms with Gasteiger partial charge in [0.2, 0.25) is 0 Å². The highest BCUT2D eigenvalue weighted by molar-refractivity contribution is 7.11. The lowest BCUT2D eigenvalue weighted by Gasteiger charge is -2.33. The fourth-order valence-electron chi connectivity index (χ4n) is 2.97. The van der Waals surface area contributed by atoms with Crippen LogP contribution in [0.15, 0.2) is 11.6 Å². The van der Waals surface area contributed by atoms with Gasteiger partial charge in [0.05, 0.1) is 10.7 Å². The van der Waals surface area contributed by atoms with Gasteiger partial charge < -0.3 is 5.32 Å². The van der Waals surface area contributed by atoms with Crippen molar-refractivity contribution in [3.8, 4) is 0 Å². The Hall–Kier alpha value is -0.710. The molecule has 2 rings (SSSR count). The second-order valence-corrected chi connectivity index (χ2v) is 7.66. The number of hydrogen-bond donors (Lipinski definition) is 1. The van der Waals surface area contributed by atoms with Gasteiger partial charge in [-0.15, -0.1) is 11.3 Å². The monoisotopic (exact) mass is 307 g/mol. The molecule has 1 unspecified atom stereocenters. The fourth-order valence-corrected chi connectivity index (χ4v) is 3.91. The third-order valence-electron chi connectivity index (χ3n) is 4.16. The van der Waals surface area contributed by atoms with Crippen molar-refractivity contribution < 1.29 is 0 Å². The first kappa shape index (κ1) is 16.7. The summed E-state index contributed by atoms with van der Waals surface area (Å²) in [6, 6.07) is 1.07. The number of rotatable bonds is 5. The molecule has 0 saturated carbocycles. The molecule has 3 nitrogen and oxygen atoms in total. The number of hydrogen-bond acceptors (Lipinski definition) is 4. The summed E-state index contributed by atoms with van der Waals surface area (Å²) in [7, 11) is 0. The van der Waals surface area contributed by atoms with E-state index in [9.17, 15) is 0 Å². The summed E-state index contributed by atoms with van der Waals surface area (Å²) in [5.74, 6) is 0. The minimum Gasteiger partial charge on any atom is -0.307 e. The Bertz CT molecular complexity index is 480. The number of piperidine rings is 1. The quantitative estimate of drug-likeness (QED) is 0.838. The van der Waals surface area contributed by atoms with Crippen molar-refractivity contribution >= 4 is 11.3 Å². The highest BCUT2D eigenvalue weighted by Crippen LogP contribution is 2.25. The SMILES string of the molecule is CC(C)=CCN1CCC(NC(C)c2sc(C)nc2C)CC1. The first-order valence-electron chi connectivity index (χ1n) is 8.01. The normalized spacial score (nSPS) is 18.7. The zero-order valence-electron chi connectivity index (χ0n) is 14.1. The van der Waals surface area contributed by atoms with Gasteiger partial charge in [0.25, 0.3) is 0 Å². The zero-order chi connectivity index (χ0) is 15.4. The molecule has 1 saturated heterocycles. The Morgan fingerprint density at radius 2 is 2.05 bits per heavy atom. The second-order valence-electron chi connectivity index (χ2n) is 6.43. The van der Waals surface area contributed by atoms with Crippen LogP contribution in [0.2, 0.25) is 0 Å². The van der Waals surface area contributed by atoms with E-state index in [-0.39, 0.29) is 0 Å². The topological polar surface area (TPSA) is 28.2 Å². The minimum absolute atomic E-state index is 0.422. The number of allylic oxidation sites excluding steroid dienone is 1. The second kappa shape index (κ2) is 7.52. The van der Waals surface area contributed by atoms with E-state index in [2.05, 4.69) is 55.9 Å². The summed E-state index contributed by atoms with van der Waals surface area (Å²) in [6.07, 6.45) is 4.83. The molecule has 4 heteroatoms. The Balaban J connectivity index is 1.80. The zero-order valence-corrected chi connectivity index (χ0v) is 14.9. The van der Waals surface area contributed by atoms with Crippen molar-refractivity contribution in [2.24, 2.45) is 0 Å². The first-order valence-corrected chi connectivity index (χ1v) is 8.83. The maximum Gasteiger partial charge on any atom is 0.0900 e. The van der Waals surface area contributed by atoms with Crippen LogP contribution in [0.4, 0.5) is 0 Å². The van der Waals surface area contributed by atoms with Gasteiger partial charge in [0.1, 0.15) is 0 Å². The Labute approximate surface area is 133 Å². The van der Waals surface area contributed by atoms with Crippen molar-refractivity contribution in [2.75, 3.05) is 19.6 Å². The molecule has 1 N–H and O–H groups in total. The van der Waals surface area contributed by atoms with Crippen molar-refractivity contribution in [1.29, 1.82) is 0 Å². The van der Waals surface area contributed by atoms with Crippen LogP contribution < -0.4 is 5.32 Å². The highest BCUT2D eigenvalue weighted by Gasteiger charge is 2.21. The molecule has 0 spiro atoms. The Morgan fingerprint density at radius 1 is 1.38 bits per heavy atom. The smallest absolute Gasteiger partial charge is 0.0900 e. The number of nitrogens with zero attached hydrogens (tertiary/aromatic N) is 2. The Kier molecular flexibility index (Phi) is 5.97. The third kappa shape index (κ3) is 4.90. The van der Waals surface area contributed by atoms with Gasteiger partial charge in [-0.05, 0) is 60.5 Å². The van der Waals surface area contributed by atoms with Crippen LogP contribution in [0.25, 0.3) is 0 Å². The van der Waals surface area contributed by atoms with E-state index in [4.69, 9.17) is 0 Å². The van der Waals surface area contributed by atoms with Gasteiger partial charge in [-0.3, -0.25) is 4.90 Å². The molecule has 1 aromatic heterocycles. The molecule has 1 aliphatic heterocycles. The van der Waals surface area contributed by atoms with Crippen LogP contribution in [-0.4, -0.2) is 35.6 Å². The number of aryl methyl sites for hydroxylation is 2. The van der Waals surface area contributed by atoms with Gasteiger partial charge in [-0.25, -0.2) is 4.98 Å². The average molecular weight is 308 g/mol. The van der Waals surface area contributed by atoms with Gasteiger partial charge in [0.15, 0.2) is 0 Å². The maximum absolute atomic E-state index is 4.54. The lowest BCUT2D eigenvalue weighted by molar-refractivity contribution is 0.208. The van der Waals surface area contributed by atoms with E-state index in [1.165, 1.54) is 47.1 Å². The molecule has 118 valence electrons. The minimum atomic E-state index is 0.422. The summed E-state index contributed by atoms with van der Waals surface area (Å²) >= 11 is 1.83. The van der Waals surface area contributed by atoms with Crippen LogP contribution in [0.3, 0.4) is 0 Å². The van der Waals surface area contributed by atoms with E-state index in [0.29, 0.717) is 12.1 Å². The molecule has 0 aliphatic carbocycles. The molecular weight excluding hydrogens is 278 g/mol. The number of nitrogens with one attached hydrogen (secondary N) is 1. The van der Waals surface area contributed by atoms with Crippen LogP contribution >= 0.6 is 11.3 Å². The van der Waals surface area contributed by atoms with Crippen LogP contribution in [0.1, 0.15) is 55.2 Å². The standard InChI is InChI=1S/C17H29N3S/c1-12(2)6-9-20-10-7-16(8-11-20)19-14(4)17-13(3)18-15(5)21-17/h6,14,16,19H,7-11H2,1-5H3. The molecule has 0 bridgehead atoms. The molecular formula is C17H29N3S. The van der Waals surface area contributed by atoms with Crippen LogP contribution in [-0.2, 0) is 0 Å².